The number of rotatable bonds is 4. The molecule has 0 aromatic heterocycles. The van der Waals surface area contributed by atoms with Crippen LogP contribution in [0.3, 0.4) is 0 Å². The molecule has 2 aromatic carbocycles. The van der Waals surface area contributed by atoms with E-state index in [1.165, 1.54) is 30.1 Å². The maximum atomic E-state index is 13.9. The fourth-order valence-corrected chi connectivity index (χ4v) is 2.04. The Morgan fingerprint density at radius 3 is 2.29 bits per heavy atom. The van der Waals surface area contributed by atoms with Crippen molar-refractivity contribution in [3.63, 3.8) is 0 Å². The summed E-state index contributed by atoms with van der Waals surface area (Å²) in [6, 6.07) is 7.16. The zero-order valence-corrected chi connectivity index (χ0v) is 11.1. The smallest absolute Gasteiger partial charge is 0.335 e. The van der Waals surface area contributed by atoms with Crippen molar-refractivity contribution in [3.05, 3.63) is 65.0 Å². The molecule has 0 aliphatic heterocycles. The van der Waals surface area contributed by atoms with Crippen LogP contribution in [-0.2, 0) is 6.54 Å². The molecule has 21 heavy (non-hydrogen) atoms. The first kappa shape index (κ1) is 14.9. The van der Waals surface area contributed by atoms with Gasteiger partial charge in [-0.05, 0) is 29.8 Å². The number of hydrogen-bond acceptors (Lipinski definition) is 2. The third-order valence-electron chi connectivity index (χ3n) is 2.95. The summed E-state index contributed by atoms with van der Waals surface area (Å²) in [4.78, 5) is 12.0. The number of benzene rings is 2. The lowest BCUT2D eigenvalue weighted by Crippen LogP contribution is -2.20. The predicted molar refractivity (Wildman–Crippen MR) is 71.8 cm³/mol. The van der Waals surface area contributed by atoms with Gasteiger partial charge in [-0.2, -0.15) is 0 Å². The molecule has 0 saturated carbocycles. The van der Waals surface area contributed by atoms with E-state index in [9.17, 15) is 18.0 Å². The van der Waals surface area contributed by atoms with Gasteiger partial charge < -0.3 is 10.0 Å². The molecule has 0 radical (unpaired) electrons. The maximum absolute atomic E-state index is 13.9. The Balaban J connectivity index is 2.31. The number of nitrogens with zero attached hydrogens (tertiary/aromatic N) is 1. The minimum absolute atomic E-state index is 0.0814. The highest BCUT2D eigenvalue weighted by Crippen LogP contribution is 2.25. The first-order valence-corrected chi connectivity index (χ1v) is 6.06. The lowest BCUT2D eigenvalue weighted by molar-refractivity contribution is 0.0695. The monoisotopic (exact) mass is 295 g/mol. The van der Waals surface area contributed by atoms with Crippen molar-refractivity contribution in [1.82, 2.24) is 0 Å². The molecule has 0 aliphatic rings. The van der Waals surface area contributed by atoms with Crippen molar-refractivity contribution >= 4 is 11.7 Å². The summed E-state index contributed by atoms with van der Waals surface area (Å²) in [7, 11) is 1.44. The van der Waals surface area contributed by atoms with Crippen LogP contribution < -0.4 is 4.90 Å². The van der Waals surface area contributed by atoms with E-state index in [-0.39, 0.29) is 12.2 Å². The summed E-state index contributed by atoms with van der Waals surface area (Å²) in [6.07, 6.45) is 0. The molecule has 0 saturated heterocycles. The number of carboxylic acids is 1. The van der Waals surface area contributed by atoms with Gasteiger partial charge >= 0.3 is 5.97 Å². The van der Waals surface area contributed by atoms with Gasteiger partial charge in [0, 0.05) is 13.6 Å². The van der Waals surface area contributed by atoms with Gasteiger partial charge in [0.25, 0.3) is 0 Å². The molecule has 0 fully saturated rings. The predicted octanol–water partition coefficient (Wildman–Crippen LogP) is 3.44. The van der Waals surface area contributed by atoms with Crippen molar-refractivity contribution in [2.75, 3.05) is 11.9 Å². The van der Waals surface area contributed by atoms with Crippen LogP contribution in [0.15, 0.2) is 36.4 Å². The highest BCUT2D eigenvalue weighted by molar-refractivity contribution is 5.88. The Labute approximate surface area is 119 Å². The van der Waals surface area contributed by atoms with Crippen LogP contribution in [0.1, 0.15) is 15.9 Å². The van der Waals surface area contributed by atoms with E-state index in [4.69, 9.17) is 5.11 Å². The largest absolute Gasteiger partial charge is 0.478 e. The van der Waals surface area contributed by atoms with Crippen molar-refractivity contribution in [3.8, 4) is 0 Å². The van der Waals surface area contributed by atoms with Crippen LogP contribution in [0, 0.1) is 17.5 Å². The number of carbonyl (C=O) groups is 1. The third-order valence-corrected chi connectivity index (χ3v) is 2.95. The van der Waals surface area contributed by atoms with Gasteiger partial charge in [0.2, 0.25) is 0 Å². The number of anilines is 1. The highest BCUT2D eigenvalue weighted by atomic mass is 19.1. The van der Waals surface area contributed by atoms with Crippen LogP contribution in [0.4, 0.5) is 18.9 Å². The summed E-state index contributed by atoms with van der Waals surface area (Å²) in [6.45, 7) is 0.0814. The molecule has 2 rings (SSSR count). The Morgan fingerprint density at radius 2 is 1.76 bits per heavy atom. The topological polar surface area (TPSA) is 40.5 Å². The van der Waals surface area contributed by atoms with Gasteiger partial charge in [-0.15, -0.1) is 0 Å². The Kier molecular flexibility index (Phi) is 4.16. The zero-order valence-electron chi connectivity index (χ0n) is 11.1. The van der Waals surface area contributed by atoms with Gasteiger partial charge in [-0.3, -0.25) is 0 Å². The van der Waals surface area contributed by atoms with Gasteiger partial charge in [-0.1, -0.05) is 12.1 Å². The standard InChI is InChI=1S/C15H12F3NO2/c1-19(8-9-3-2-4-11(16)5-9)14-12(17)6-10(15(20)21)7-13(14)18/h2-7H,8H2,1H3,(H,20,21). The molecule has 0 spiro atoms. The molecule has 0 heterocycles. The molecule has 2 aromatic rings. The van der Waals surface area contributed by atoms with Crippen molar-refractivity contribution in [2.24, 2.45) is 0 Å². The molecule has 0 atom stereocenters. The minimum Gasteiger partial charge on any atom is -0.478 e. The normalized spacial score (nSPS) is 10.5. The zero-order chi connectivity index (χ0) is 15.6. The van der Waals surface area contributed by atoms with Crippen LogP contribution in [0.2, 0.25) is 0 Å². The Hall–Kier alpha value is -2.50. The molecule has 110 valence electrons. The summed E-state index contributed by atoms with van der Waals surface area (Å²) < 4.78 is 40.9. The van der Waals surface area contributed by atoms with E-state index >= 15 is 0 Å². The fraction of sp³-hybridized carbons (Fsp3) is 0.133. The second-order valence-corrected chi connectivity index (χ2v) is 4.58. The van der Waals surface area contributed by atoms with Crippen molar-refractivity contribution < 1.29 is 23.1 Å². The third kappa shape index (κ3) is 3.34. The molecular formula is C15H12F3NO2. The van der Waals surface area contributed by atoms with E-state index in [0.717, 1.165) is 12.1 Å². The molecule has 1 N–H and O–H groups in total. The SMILES string of the molecule is CN(Cc1cccc(F)c1)c1c(F)cc(C(=O)O)cc1F. The summed E-state index contributed by atoms with van der Waals surface area (Å²) >= 11 is 0. The fourth-order valence-electron chi connectivity index (χ4n) is 2.04. The maximum Gasteiger partial charge on any atom is 0.335 e. The van der Waals surface area contributed by atoms with E-state index in [0.29, 0.717) is 5.56 Å². The molecule has 0 unspecified atom stereocenters. The quantitative estimate of drug-likeness (QED) is 0.939. The molecule has 0 amide bonds. The molecule has 0 aliphatic carbocycles. The van der Waals surface area contributed by atoms with Crippen LogP contribution in [-0.4, -0.2) is 18.1 Å². The summed E-state index contributed by atoms with van der Waals surface area (Å²) in [5, 5.41) is 8.74. The lowest BCUT2D eigenvalue weighted by atomic mass is 10.1. The van der Waals surface area contributed by atoms with Crippen molar-refractivity contribution in [1.29, 1.82) is 0 Å². The van der Waals surface area contributed by atoms with Gasteiger partial charge in [0.15, 0.2) is 0 Å². The Morgan fingerprint density at radius 1 is 1.14 bits per heavy atom. The molecule has 3 nitrogen and oxygen atoms in total. The second kappa shape index (κ2) is 5.87. The molecule has 0 bridgehead atoms. The molecular weight excluding hydrogens is 283 g/mol. The lowest BCUT2D eigenvalue weighted by Gasteiger charge is -2.21. The van der Waals surface area contributed by atoms with Crippen molar-refractivity contribution in [2.45, 2.75) is 6.54 Å². The number of halogens is 3. The van der Waals surface area contributed by atoms with E-state index in [2.05, 4.69) is 0 Å². The summed E-state index contributed by atoms with van der Waals surface area (Å²) in [5.41, 5.74) is -0.282. The minimum atomic E-state index is -1.41. The van der Waals surface area contributed by atoms with E-state index < -0.39 is 29.0 Å². The van der Waals surface area contributed by atoms with Gasteiger partial charge in [0.05, 0.1) is 5.56 Å². The number of hydrogen-bond donors (Lipinski definition) is 1. The highest BCUT2D eigenvalue weighted by Gasteiger charge is 2.18. The van der Waals surface area contributed by atoms with E-state index in [1.54, 1.807) is 6.07 Å². The molecule has 6 heteroatoms. The first-order valence-electron chi connectivity index (χ1n) is 6.06. The van der Waals surface area contributed by atoms with Gasteiger partial charge in [0.1, 0.15) is 23.1 Å². The van der Waals surface area contributed by atoms with Crippen LogP contribution in [0.25, 0.3) is 0 Å². The average Bonchev–Trinajstić information content (AvgIpc) is 2.37. The van der Waals surface area contributed by atoms with Gasteiger partial charge in [-0.25, -0.2) is 18.0 Å². The second-order valence-electron chi connectivity index (χ2n) is 4.58. The number of carboxylic acid groups (broad SMARTS) is 1. The Bertz CT molecular complexity index is 665. The van der Waals surface area contributed by atoms with Crippen LogP contribution >= 0.6 is 0 Å². The first-order chi connectivity index (χ1) is 9.88. The summed E-state index contributed by atoms with van der Waals surface area (Å²) in [5.74, 6) is -3.81. The van der Waals surface area contributed by atoms with E-state index in [1.807, 2.05) is 0 Å². The average molecular weight is 295 g/mol. The van der Waals surface area contributed by atoms with Crippen LogP contribution in [0.5, 0.6) is 0 Å². The number of aromatic carboxylic acids is 1.